The minimum atomic E-state index is -0.700. The first-order valence-corrected chi connectivity index (χ1v) is 16.3. The molecule has 8 nitrogen and oxygen atoms in total. The van der Waals surface area contributed by atoms with Gasteiger partial charge in [-0.2, -0.15) is 9.97 Å². The van der Waals surface area contributed by atoms with E-state index in [1.165, 1.54) is 6.07 Å². The lowest BCUT2D eigenvalue weighted by molar-refractivity contribution is 0.108. The monoisotopic (exact) mass is 638 g/mol. The van der Waals surface area contributed by atoms with E-state index in [9.17, 15) is 8.78 Å². The van der Waals surface area contributed by atoms with Gasteiger partial charge in [0.1, 0.15) is 40.9 Å². The first-order chi connectivity index (χ1) is 22.9. The Morgan fingerprint density at radius 1 is 1.17 bits per heavy atom. The van der Waals surface area contributed by atoms with Crippen LogP contribution in [0.5, 0.6) is 11.9 Å². The van der Waals surface area contributed by atoms with Gasteiger partial charge in [0.2, 0.25) is 5.88 Å². The van der Waals surface area contributed by atoms with Gasteiger partial charge in [-0.15, -0.1) is 6.42 Å². The van der Waals surface area contributed by atoms with Crippen LogP contribution < -0.4 is 19.7 Å². The van der Waals surface area contributed by atoms with Crippen molar-refractivity contribution < 1.29 is 22.6 Å². The molecule has 0 aliphatic carbocycles. The molecule has 47 heavy (non-hydrogen) atoms. The molecule has 0 amide bonds. The summed E-state index contributed by atoms with van der Waals surface area (Å²) in [5, 5.41) is 5.14. The van der Waals surface area contributed by atoms with E-state index in [2.05, 4.69) is 26.0 Å². The van der Waals surface area contributed by atoms with Crippen molar-refractivity contribution in [3.8, 4) is 35.5 Å². The summed E-state index contributed by atoms with van der Waals surface area (Å²) in [4.78, 5) is 18.9. The number of anilines is 1. The van der Waals surface area contributed by atoms with E-state index in [-0.39, 0.29) is 65.0 Å². The minimum Gasteiger partial charge on any atom is -0.472 e. The normalized spacial score (nSPS) is 28.7. The molecule has 5 aliphatic rings. The summed E-state index contributed by atoms with van der Waals surface area (Å²) < 4.78 is 58.6. The van der Waals surface area contributed by atoms with Crippen LogP contribution in [0.4, 0.5) is 19.0 Å². The molecule has 9 rings (SSSR count). The molecule has 5 atom stereocenters. The molecule has 2 bridgehead atoms. The number of fused-ring (bicyclic) bond motifs is 7. The zero-order valence-electron chi connectivity index (χ0n) is 25.9. The number of hydrogen-bond donors (Lipinski definition) is 1. The molecule has 2 aromatic heterocycles. The second-order valence-electron chi connectivity index (χ2n) is 13.6. The van der Waals surface area contributed by atoms with Crippen molar-refractivity contribution in [2.45, 2.75) is 68.8 Å². The number of halogens is 3. The molecular formula is C36H33F3N6O2. The average molecular weight is 639 g/mol. The predicted molar refractivity (Wildman–Crippen MR) is 172 cm³/mol. The maximum absolute atomic E-state index is 17.1. The highest BCUT2D eigenvalue weighted by Gasteiger charge is 2.49. The van der Waals surface area contributed by atoms with E-state index >= 15 is 4.39 Å². The summed E-state index contributed by atoms with van der Waals surface area (Å²) in [5.74, 6) is 1.91. The third kappa shape index (κ3) is 4.27. The van der Waals surface area contributed by atoms with Crippen molar-refractivity contribution in [3.63, 3.8) is 0 Å². The molecule has 7 heterocycles. The Labute approximate surface area is 270 Å². The highest BCUT2D eigenvalue weighted by Crippen LogP contribution is 2.46. The summed E-state index contributed by atoms with van der Waals surface area (Å²) in [6.07, 6.45) is 10.6. The molecule has 1 N–H and O–H groups in total. The van der Waals surface area contributed by atoms with E-state index in [0.717, 1.165) is 37.8 Å². The summed E-state index contributed by atoms with van der Waals surface area (Å²) in [6, 6.07) is 8.56. The Bertz CT molecular complexity index is 2050. The van der Waals surface area contributed by atoms with Crippen LogP contribution in [0.25, 0.3) is 32.9 Å². The molecule has 0 saturated carbocycles. The number of pyridine rings is 1. The van der Waals surface area contributed by atoms with Crippen LogP contribution in [0.2, 0.25) is 0 Å². The largest absolute Gasteiger partial charge is 0.472 e. The summed E-state index contributed by atoms with van der Waals surface area (Å²) in [7, 11) is 0. The third-order valence-electron chi connectivity index (χ3n) is 10.9. The Kier molecular flexibility index (Phi) is 6.47. The molecule has 5 aliphatic heterocycles. The smallest absolute Gasteiger partial charge is 0.319 e. The Hall–Kier alpha value is -4.40. The topological polar surface area (TPSA) is 75.6 Å². The SMILES string of the molecule is C#Cc1c(F)ccc2cccc(-c3nc4c5c(nc(OCC67CCCN6CC(=CF)C7)nc5c3F)N3C[C@H]5CC[C@H](N5)[C@H]3[C@H](C)O4)c12. The number of terminal acetylenes is 1. The quantitative estimate of drug-likeness (QED) is 0.287. The van der Waals surface area contributed by atoms with Crippen LogP contribution in [0.1, 0.15) is 44.6 Å². The highest BCUT2D eigenvalue weighted by atomic mass is 19.1. The molecular weight excluding hydrogens is 605 g/mol. The van der Waals surface area contributed by atoms with Crippen LogP contribution in [0, 0.1) is 24.0 Å². The minimum absolute atomic E-state index is 0.0101. The molecule has 2 aromatic carbocycles. The molecule has 0 spiro atoms. The number of ether oxygens (including phenoxy) is 2. The molecule has 240 valence electrons. The van der Waals surface area contributed by atoms with E-state index in [4.69, 9.17) is 25.9 Å². The lowest BCUT2D eigenvalue weighted by atomic mass is 9.94. The van der Waals surface area contributed by atoms with Gasteiger partial charge >= 0.3 is 6.01 Å². The van der Waals surface area contributed by atoms with Gasteiger partial charge in [-0.3, -0.25) is 4.90 Å². The second-order valence-corrected chi connectivity index (χ2v) is 13.6. The lowest BCUT2D eigenvalue weighted by Gasteiger charge is -2.42. The van der Waals surface area contributed by atoms with Gasteiger partial charge in [-0.1, -0.05) is 30.2 Å². The van der Waals surface area contributed by atoms with E-state index in [1.54, 1.807) is 24.3 Å². The fourth-order valence-corrected chi connectivity index (χ4v) is 8.88. The van der Waals surface area contributed by atoms with E-state index in [0.29, 0.717) is 53.4 Å². The van der Waals surface area contributed by atoms with Gasteiger partial charge in [0, 0.05) is 36.1 Å². The van der Waals surface area contributed by atoms with Gasteiger partial charge in [0.05, 0.1) is 23.5 Å². The van der Waals surface area contributed by atoms with Crippen molar-refractivity contribution in [2.24, 2.45) is 0 Å². The zero-order chi connectivity index (χ0) is 32.0. The number of aromatic nitrogens is 3. The molecule has 4 aromatic rings. The molecule has 11 heteroatoms. The number of piperazine rings is 1. The van der Waals surface area contributed by atoms with Crippen molar-refractivity contribution >= 4 is 27.5 Å². The first kappa shape index (κ1) is 28.8. The fraction of sp³-hybridized carbons (Fsp3) is 0.417. The number of hydrogen-bond acceptors (Lipinski definition) is 8. The van der Waals surface area contributed by atoms with Crippen molar-refractivity contribution in [1.82, 2.24) is 25.2 Å². The summed E-state index contributed by atoms with van der Waals surface area (Å²) in [6.45, 7) is 4.35. The molecule has 1 unspecified atom stereocenters. The van der Waals surface area contributed by atoms with Crippen molar-refractivity contribution in [2.75, 3.05) is 31.1 Å². The average Bonchev–Trinajstić information content (AvgIpc) is 3.74. The van der Waals surface area contributed by atoms with Crippen LogP contribution >= 0.6 is 0 Å². The standard InChI is InChI=1S/C36H33F3N6O2/c1-3-23-25(38)10-8-21-6-4-7-24(27(21)23)30-29(39)31-28-33(45-17-22-9-11-26(40-22)32(45)19(2)47-34(28)41-30)43-35(42-31)46-18-36-12-5-13-44(36)16-20(14-36)15-37/h1,4,6-8,10,15,19,22,26,32,40H,5,9,11-14,16-18H2,2H3/t19-,22+,26-,32+,36?/m0/s1. The number of rotatable bonds is 4. The number of benzene rings is 2. The van der Waals surface area contributed by atoms with Crippen LogP contribution in [-0.2, 0) is 0 Å². The van der Waals surface area contributed by atoms with Gasteiger partial charge < -0.3 is 19.7 Å². The maximum Gasteiger partial charge on any atom is 0.319 e. The first-order valence-electron chi connectivity index (χ1n) is 16.3. The van der Waals surface area contributed by atoms with E-state index in [1.807, 2.05) is 6.92 Å². The zero-order valence-corrected chi connectivity index (χ0v) is 25.9. The van der Waals surface area contributed by atoms with Crippen molar-refractivity contribution in [3.05, 3.63) is 59.4 Å². The van der Waals surface area contributed by atoms with Gasteiger partial charge in [0.15, 0.2) is 5.82 Å². The second kappa shape index (κ2) is 10.6. The van der Waals surface area contributed by atoms with Gasteiger partial charge in [-0.25, -0.2) is 18.2 Å². The fourth-order valence-electron chi connectivity index (χ4n) is 8.88. The van der Waals surface area contributed by atoms with Crippen molar-refractivity contribution in [1.29, 1.82) is 0 Å². The van der Waals surface area contributed by atoms with Crippen LogP contribution in [0.3, 0.4) is 0 Å². The molecule has 0 radical (unpaired) electrons. The Morgan fingerprint density at radius 3 is 2.91 bits per heavy atom. The van der Waals surface area contributed by atoms with Gasteiger partial charge in [0.25, 0.3) is 0 Å². The number of nitrogens with one attached hydrogen (secondary N) is 1. The van der Waals surface area contributed by atoms with Crippen LogP contribution in [-0.4, -0.2) is 75.9 Å². The summed E-state index contributed by atoms with van der Waals surface area (Å²) in [5.41, 5.74) is 0.722. The van der Waals surface area contributed by atoms with E-state index < -0.39 is 11.6 Å². The maximum atomic E-state index is 17.1. The van der Waals surface area contributed by atoms with Gasteiger partial charge in [-0.05, 0) is 62.6 Å². The molecule has 4 fully saturated rings. The number of nitrogens with zero attached hydrogens (tertiary/aromatic N) is 5. The van der Waals surface area contributed by atoms with Crippen LogP contribution in [0.15, 0.2) is 42.2 Å². The third-order valence-corrected chi connectivity index (χ3v) is 10.9. The Balaban J connectivity index is 1.24. The highest BCUT2D eigenvalue weighted by molar-refractivity contribution is 6.03. The molecule has 4 saturated heterocycles. The lowest BCUT2D eigenvalue weighted by Crippen LogP contribution is -2.62. The Morgan fingerprint density at radius 2 is 2.06 bits per heavy atom. The summed E-state index contributed by atoms with van der Waals surface area (Å²) >= 11 is 0. The predicted octanol–water partition coefficient (Wildman–Crippen LogP) is 5.67.